The van der Waals surface area contributed by atoms with Crippen molar-refractivity contribution in [2.45, 2.75) is 11.8 Å². The zero-order valence-corrected chi connectivity index (χ0v) is 11.6. The summed E-state index contributed by atoms with van der Waals surface area (Å²) in [7, 11) is -3.79. The predicted octanol–water partition coefficient (Wildman–Crippen LogP) is 1.57. The second kappa shape index (κ2) is 5.79. The maximum Gasteiger partial charge on any atom is 0.272 e. The Bertz CT molecular complexity index is 735. The molecule has 0 spiro atoms. The molecule has 1 aromatic carbocycles. The molecule has 1 aromatic heterocycles. The fourth-order valence-corrected chi connectivity index (χ4v) is 2.65. The first-order valence-electron chi connectivity index (χ1n) is 5.96. The Morgan fingerprint density at radius 2 is 1.90 bits per heavy atom. The molecule has 0 aliphatic heterocycles. The summed E-state index contributed by atoms with van der Waals surface area (Å²) in [5, 5.41) is 0. The predicted molar refractivity (Wildman–Crippen MR) is 75.5 cm³/mol. The third-order valence-electron chi connectivity index (χ3n) is 2.51. The van der Waals surface area contributed by atoms with Gasteiger partial charge in [0.25, 0.3) is 15.6 Å². The molecule has 2 N–H and O–H groups in total. The van der Waals surface area contributed by atoms with Gasteiger partial charge in [-0.3, -0.25) is 9.52 Å². The second-order valence-electron chi connectivity index (χ2n) is 3.92. The van der Waals surface area contributed by atoms with E-state index in [2.05, 4.69) is 9.71 Å². The molecule has 106 valence electrons. The third-order valence-corrected chi connectivity index (χ3v) is 3.89. The van der Waals surface area contributed by atoms with Crippen LogP contribution in [0.2, 0.25) is 0 Å². The van der Waals surface area contributed by atoms with Gasteiger partial charge in [0.2, 0.25) is 0 Å². The number of sulfonamides is 1. The molecule has 0 bridgehead atoms. The number of nitrogens with one attached hydrogen (secondary N) is 2. The van der Waals surface area contributed by atoms with Crippen LogP contribution in [0.25, 0.3) is 0 Å². The zero-order valence-electron chi connectivity index (χ0n) is 10.8. The quantitative estimate of drug-likeness (QED) is 0.876. The van der Waals surface area contributed by atoms with Gasteiger partial charge >= 0.3 is 0 Å². The lowest BCUT2D eigenvalue weighted by atomic mass is 10.3. The van der Waals surface area contributed by atoms with E-state index >= 15 is 0 Å². The lowest BCUT2D eigenvalue weighted by Crippen LogP contribution is -2.19. The van der Waals surface area contributed by atoms with E-state index in [1.165, 1.54) is 30.5 Å². The molecule has 0 saturated carbocycles. The molecule has 0 saturated heterocycles. The van der Waals surface area contributed by atoms with E-state index in [4.69, 9.17) is 4.74 Å². The van der Waals surface area contributed by atoms with E-state index in [0.717, 1.165) is 0 Å². The Kier molecular flexibility index (Phi) is 4.09. The number of ether oxygens (including phenoxy) is 1. The topological polar surface area (TPSA) is 88.3 Å². The third kappa shape index (κ3) is 3.18. The number of H-pyrrole nitrogens is 1. The summed E-state index contributed by atoms with van der Waals surface area (Å²) in [6.07, 6.45) is 1.43. The number of anilines is 1. The molecule has 0 amide bonds. The van der Waals surface area contributed by atoms with Crippen LogP contribution in [0.15, 0.2) is 52.3 Å². The van der Waals surface area contributed by atoms with E-state index < -0.39 is 15.6 Å². The van der Waals surface area contributed by atoms with Gasteiger partial charge < -0.3 is 9.72 Å². The van der Waals surface area contributed by atoms with Crippen molar-refractivity contribution >= 4 is 15.7 Å². The Morgan fingerprint density at radius 1 is 1.20 bits per heavy atom. The van der Waals surface area contributed by atoms with E-state index in [0.29, 0.717) is 12.4 Å². The van der Waals surface area contributed by atoms with Crippen molar-refractivity contribution in [1.29, 1.82) is 0 Å². The first-order chi connectivity index (χ1) is 9.53. The summed E-state index contributed by atoms with van der Waals surface area (Å²) >= 11 is 0. The standard InChI is InChI=1S/C13H14N2O4S/c1-2-19-10-5-7-11(8-6-10)20(17,18)15-12-4-3-9-14-13(12)16/h3-9,15H,2H2,1H3,(H,14,16). The van der Waals surface area contributed by atoms with Crippen molar-refractivity contribution in [3.05, 3.63) is 52.9 Å². The summed E-state index contributed by atoms with van der Waals surface area (Å²) < 4.78 is 31.7. The molecule has 1 heterocycles. The molecule has 0 aliphatic rings. The maximum absolute atomic E-state index is 12.1. The van der Waals surface area contributed by atoms with E-state index in [1.54, 1.807) is 12.1 Å². The Hall–Kier alpha value is -2.28. The SMILES string of the molecule is CCOc1ccc(S(=O)(=O)Nc2ccc[nH]c2=O)cc1. The van der Waals surface area contributed by atoms with Crippen LogP contribution in [0, 0.1) is 0 Å². The van der Waals surface area contributed by atoms with Crippen LogP contribution in [0.1, 0.15) is 6.92 Å². The highest BCUT2D eigenvalue weighted by atomic mass is 32.2. The molecule has 2 rings (SSSR count). The van der Waals surface area contributed by atoms with Crippen LogP contribution in [0.3, 0.4) is 0 Å². The van der Waals surface area contributed by atoms with Gasteiger partial charge in [-0.1, -0.05) is 0 Å². The fraction of sp³-hybridized carbons (Fsp3) is 0.154. The minimum absolute atomic E-state index is 0.0265. The summed E-state index contributed by atoms with van der Waals surface area (Å²) in [6, 6.07) is 8.90. The van der Waals surface area contributed by atoms with Crippen LogP contribution >= 0.6 is 0 Å². The summed E-state index contributed by atoms with van der Waals surface area (Å²) in [6.45, 7) is 2.34. The molecule has 6 nitrogen and oxygen atoms in total. The molecular weight excluding hydrogens is 280 g/mol. The van der Waals surface area contributed by atoms with E-state index in [9.17, 15) is 13.2 Å². The number of hydrogen-bond acceptors (Lipinski definition) is 4. The lowest BCUT2D eigenvalue weighted by molar-refractivity contribution is 0.340. The van der Waals surface area contributed by atoms with Gasteiger partial charge in [-0.25, -0.2) is 8.42 Å². The van der Waals surface area contributed by atoms with E-state index in [1.807, 2.05) is 6.92 Å². The smallest absolute Gasteiger partial charge is 0.272 e. The summed E-state index contributed by atoms with van der Waals surface area (Å²) in [4.78, 5) is 13.9. The first kappa shape index (κ1) is 14.1. The van der Waals surface area contributed by atoms with Crippen molar-refractivity contribution in [2.75, 3.05) is 11.3 Å². The number of pyridine rings is 1. The number of aromatic nitrogens is 1. The van der Waals surface area contributed by atoms with Gasteiger partial charge in [-0.2, -0.15) is 0 Å². The molecular formula is C13H14N2O4S. The normalized spacial score (nSPS) is 11.1. The highest BCUT2D eigenvalue weighted by Gasteiger charge is 2.15. The Labute approximate surface area is 116 Å². The van der Waals surface area contributed by atoms with E-state index in [-0.39, 0.29) is 10.6 Å². The van der Waals surface area contributed by atoms with Crippen LogP contribution in [0.5, 0.6) is 5.75 Å². The van der Waals surface area contributed by atoms with Gasteiger partial charge in [0.1, 0.15) is 11.4 Å². The number of hydrogen-bond donors (Lipinski definition) is 2. The van der Waals surface area contributed by atoms with Crippen molar-refractivity contribution in [3.8, 4) is 5.75 Å². The molecule has 2 aromatic rings. The number of aromatic amines is 1. The molecule has 0 aliphatic carbocycles. The minimum atomic E-state index is -3.79. The molecule has 20 heavy (non-hydrogen) atoms. The largest absolute Gasteiger partial charge is 0.494 e. The van der Waals surface area contributed by atoms with Gasteiger partial charge in [-0.15, -0.1) is 0 Å². The van der Waals surface area contributed by atoms with Crippen molar-refractivity contribution < 1.29 is 13.2 Å². The minimum Gasteiger partial charge on any atom is -0.494 e. The van der Waals surface area contributed by atoms with Gasteiger partial charge in [0, 0.05) is 6.20 Å². The Morgan fingerprint density at radius 3 is 2.50 bits per heavy atom. The lowest BCUT2D eigenvalue weighted by Gasteiger charge is -2.08. The number of rotatable bonds is 5. The monoisotopic (exact) mass is 294 g/mol. The average Bonchev–Trinajstić information content (AvgIpc) is 2.42. The van der Waals surface area contributed by atoms with Crippen molar-refractivity contribution in [3.63, 3.8) is 0 Å². The van der Waals surface area contributed by atoms with Crippen LogP contribution in [-0.2, 0) is 10.0 Å². The molecule has 0 atom stereocenters. The van der Waals surface area contributed by atoms with Crippen LogP contribution in [0.4, 0.5) is 5.69 Å². The summed E-state index contributed by atoms with van der Waals surface area (Å²) in [5.74, 6) is 0.587. The van der Waals surface area contributed by atoms with Crippen LogP contribution in [-0.4, -0.2) is 20.0 Å². The first-order valence-corrected chi connectivity index (χ1v) is 7.44. The van der Waals surface area contributed by atoms with Crippen molar-refractivity contribution in [2.24, 2.45) is 0 Å². The average molecular weight is 294 g/mol. The van der Waals surface area contributed by atoms with Gasteiger partial charge in [0.05, 0.1) is 11.5 Å². The molecule has 0 unspecified atom stereocenters. The molecule has 7 heteroatoms. The fourth-order valence-electron chi connectivity index (χ4n) is 1.59. The number of benzene rings is 1. The van der Waals surface area contributed by atoms with Gasteiger partial charge in [-0.05, 0) is 43.3 Å². The molecule has 0 radical (unpaired) electrons. The zero-order chi connectivity index (χ0) is 14.6. The van der Waals surface area contributed by atoms with Crippen molar-refractivity contribution in [1.82, 2.24) is 4.98 Å². The van der Waals surface area contributed by atoms with Crippen LogP contribution < -0.4 is 15.0 Å². The molecule has 0 fully saturated rings. The highest BCUT2D eigenvalue weighted by molar-refractivity contribution is 7.92. The maximum atomic E-state index is 12.1. The Balaban J connectivity index is 2.27. The van der Waals surface area contributed by atoms with Gasteiger partial charge in [0.15, 0.2) is 0 Å². The highest BCUT2D eigenvalue weighted by Crippen LogP contribution is 2.17. The second-order valence-corrected chi connectivity index (χ2v) is 5.61. The summed E-state index contributed by atoms with van der Waals surface area (Å²) in [5.41, 5.74) is -0.525.